The van der Waals surface area contributed by atoms with E-state index in [1.807, 2.05) is 68.3 Å². The maximum atomic E-state index is 14.2. The van der Waals surface area contributed by atoms with Crippen LogP contribution in [0.15, 0.2) is 34.8 Å². The van der Waals surface area contributed by atoms with Crippen molar-refractivity contribution in [1.82, 2.24) is 20.6 Å². The molecule has 4 fully saturated rings. The molecule has 6 rings (SSSR count). The summed E-state index contributed by atoms with van der Waals surface area (Å²) in [5, 5.41) is 29.2. The SMILES string of the molecule is COc1c(CN2O[C@@H](CO)[C@@H]([C@H](C)O)[C@H]2C(=O)N[C@H]2C[C@H]3C[C@@H]([C@@H]2C)C3(C)C)cccc1-c1cc(N(C)C)cc(C(=O)NCCN(C)C)c1Br. The number of anilines is 1. The molecule has 2 aromatic rings. The number of aliphatic hydroxyl groups is 2. The highest BCUT2D eigenvalue weighted by molar-refractivity contribution is 9.10. The number of likely N-dealkylation sites (N-methyl/N-ethyl adjacent to an activating group) is 1. The number of nitrogens with zero attached hydrogens (tertiary/aromatic N) is 3. The van der Waals surface area contributed by atoms with Crippen LogP contribution in [0.5, 0.6) is 5.75 Å². The fraction of sp³-hybridized carbons (Fsp3) is 0.632. The molecule has 0 spiro atoms. The largest absolute Gasteiger partial charge is 0.496 e. The molecule has 4 N–H and O–H groups in total. The fourth-order valence-corrected chi connectivity index (χ4v) is 9.15. The van der Waals surface area contributed by atoms with Crippen LogP contribution in [0.4, 0.5) is 5.69 Å². The van der Waals surface area contributed by atoms with Crippen molar-refractivity contribution in [3.63, 3.8) is 0 Å². The Bertz CT molecular complexity index is 1550. The van der Waals surface area contributed by atoms with Crippen molar-refractivity contribution < 1.29 is 29.4 Å². The number of benzene rings is 2. The van der Waals surface area contributed by atoms with Gasteiger partial charge in [0.2, 0.25) is 5.91 Å². The topological polar surface area (TPSA) is 127 Å². The Labute approximate surface area is 305 Å². The van der Waals surface area contributed by atoms with Gasteiger partial charge in [0.05, 0.1) is 31.9 Å². The Hall–Kier alpha value is -2.74. The van der Waals surface area contributed by atoms with Gasteiger partial charge in [-0.15, -0.1) is 0 Å². The molecule has 276 valence electrons. The van der Waals surface area contributed by atoms with Crippen LogP contribution in [0.1, 0.15) is 56.5 Å². The van der Waals surface area contributed by atoms with Crippen LogP contribution in [0, 0.1) is 29.1 Å². The summed E-state index contributed by atoms with van der Waals surface area (Å²) >= 11 is 3.75. The second kappa shape index (κ2) is 15.5. The number of methoxy groups -OCH3 is 1. The molecule has 3 aliphatic carbocycles. The van der Waals surface area contributed by atoms with Crippen LogP contribution in [0.2, 0.25) is 0 Å². The van der Waals surface area contributed by atoms with Gasteiger partial charge in [0, 0.05) is 66.0 Å². The van der Waals surface area contributed by atoms with E-state index in [2.05, 4.69) is 47.3 Å². The third-order valence-electron chi connectivity index (χ3n) is 11.6. The highest BCUT2D eigenvalue weighted by Crippen LogP contribution is 2.61. The van der Waals surface area contributed by atoms with Gasteiger partial charge in [-0.05, 0) is 85.1 Å². The van der Waals surface area contributed by atoms with E-state index in [-0.39, 0.29) is 36.4 Å². The lowest BCUT2D eigenvalue weighted by molar-refractivity contribution is -0.183. The van der Waals surface area contributed by atoms with Gasteiger partial charge in [0.1, 0.15) is 17.9 Å². The first kappa shape index (κ1) is 38.5. The molecule has 8 atom stereocenters. The van der Waals surface area contributed by atoms with Crippen molar-refractivity contribution in [2.75, 3.05) is 59.9 Å². The molecule has 2 amide bonds. The van der Waals surface area contributed by atoms with E-state index in [0.29, 0.717) is 46.6 Å². The quantitative estimate of drug-likeness (QED) is 0.239. The van der Waals surface area contributed by atoms with E-state index in [1.165, 1.54) is 6.42 Å². The number of nitrogens with one attached hydrogen (secondary N) is 2. The first-order valence-corrected chi connectivity index (χ1v) is 18.5. The predicted octanol–water partition coefficient (Wildman–Crippen LogP) is 4.14. The third kappa shape index (κ3) is 7.43. The second-order valence-corrected chi connectivity index (χ2v) is 16.3. The van der Waals surface area contributed by atoms with E-state index >= 15 is 0 Å². The summed E-state index contributed by atoms with van der Waals surface area (Å²) in [7, 11) is 9.38. The van der Waals surface area contributed by atoms with Gasteiger partial charge < -0.3 is 35.4 Å². The van der Waals surface area contributed by atoms with Crippen molar-refractivity contribution in [2.24, 2.45) is 29.1 Å². The van der Waals surface area contributed by atoms with Gasteiger partial charge >= 0.3 is 0 Å². The van der Waals surface area contributed by atoms with Crippen molar-refractivity contribution in [1.29, 1.82) is 0 Å². The summed E-state index contributed by atoms with van der Waals surface area (Å²) in [6.45, 7) is 9.59. The molecule has 11 nitrogen and oxygen atoms in total. The molecule has 50 heavy (non-hydrogen) atoms. The molecule has 4 aliphatic rings. The molecule has 0 aromatic heterocycles. The van der Waals surface area contributed by atoms with Crippen LogP contribution >= 0.6 is 15.9 Å². The summed E-state index contributed by atoms with van der Waals surface area (Å²) in [6, 6.07) is 8.85. The van der Waals surface area contributed by atoms with Crippen LogP contribution in [0.25, 0.3) is 11.1 Å². The van der Waals surface area contributed by atoms with E-state index in [1.54, 1.807) is 19.1 Å². The number of rotatable bonds is 13. The summed E-state index contributed by atoms with van der Waals surface area (Å²) in [5.41, 5.74) is 3.90. The molecular formula is C38H56BrN5O6. The van der Waals surface area contributed by atoms with Gasteiger partial charge in [0.25, 0.3) is 5.91 Å². The van der Waals surface area contributed by atoms with E-state index < -0.39 is 24.2 Å². The minimum absolute atomic E-state index is 0.0393. The highest BCUT2D eigenvalue weighted by atomic mass is 79.9. The zero-order valence-electron chi connectivity index (χ0n) is 31.0. The minimum atomic E-state index is -0.899. The number of fused-ring (bicyclic) bond motifs is 2. The highest BCUT2D eigenvalue weighted by Gasteiger charge is 2.57. The lowest BCUT2D eigenvalue weighted by Gasteiger charge is -2.62. The van der Waals surface area contributed by atoms with E-state index in [9.17, 15) is 19.8 Å². The van der Waals surface area contributed by atoms with E-state index in [4.69, 9.17) is 9.57 Å². The van der Waals surface area contributed by atoms with Gasteiger partial charge in [0.15, 0.2) is 0 Å². The van der Waals surface area contributed by atoms with Gasteiger partial charge in [-0.2, -0.15) is 5.06 Å². The maximum absolute atomic E-state index is 14.2. The number of carbonyl (C=O) groups excluding carboxylic acids is 2. The Morgan fingerprint density at radius 1 is 1.16 bits per heavy atom. The fourth-order valence-electron chi connectivity index (χ4n) is 8.53. The Morgan fingerprint density at radius 3 is 2.46 bits per heavy atom. The molecule has 0 radical (unpaired) electrons. The minimum Gasteiger partial charge on any atom is -0.496 e. The molecule has 1 saturated heterocycles. The van der Waals surface area contributed by atoms with Crippen molar-refractivity contribution in [3.05, 3.63) is 45.9 Å². The van der Waals surface area contributed by atoms with Crippen LogP contribution < -0.4 is 20.3 Å². The molecule has 2 bridgehead atoms. The van der Waals surface area contributed by atoms with Gasteiger partial charge in [-0.3, -0.25) is 14.4 Å². The van der Waals surface area contributed by atoms with Crippen LogP contribution in [-0.2, 0) is 16.2 Å². The number of aliphatic hydroxyl groups excluding tert-OH is 2. The average molecular weight is 759 g/mol. The number of halogens is 1. The lowest BCUT2D eigenvalue weighted by Crippen LogP contribution is -2.62. The summed E-state index contributed by atoms with van der Waals surface area (Å²) in [6.07, 6.45) is 0.480. The molecule has 1 aliphatic heterocycles. The predicted molar refractivity (Wildman–Crippen MR) is 199 cm³/mol. The van der Waals surface area contributed by atoms with Crippen molar-refractivity contribution in [2.45, 2.75) is 71.4 Å². The second-order valence-electron chi connectivity index (χ2n) is 15.5. The number of carbonyl (C=O) groups is 2. The number of para-hydroxylation sites is 1. The van der Waals surface area contributed by atoms with E-state index in [0.717, 1.165) is 28.8 Å². The average Bonchev–Trinajstić information content (AvgIpc) is 3.43. The molecule has 3 saturated carbocycles. The van der Waals surface area contributed by atoms with Crippen molar-refractivity contribution >= 4 is 33.4 Å². The maximum Gasteiger partial charge on any atom is 0.252 e. The normalized spacial score (nSPS) is 27.8. The number of ether oxygens (including phenoxy) is 1. The first-order chi connectivity index (χ1) is 23.6. The first-order valence-electron chi connectivity index (χ1n) is 17.7. The molecule has 12 heteroatoms. The number of hydrogen-bond acceptors (Lipinski definition) is 9. The summed E-state index contributed by atoms with van der Waals surface area (Å²) < 4.78 is 6.69. The van der Waals surface area contributed by atoms with Crippen LogP contribution in [-0.4, -0.2) is 111 Å². The molecule has 1 heterocycles. The summed E-state index contributed by atoms with van der Waals surface area (Å²) in [5.74, 6) is 0.997. The number of amides is 2. The van der Waals surface area contributed by atoms with Crippen LogP contribution in [0.3, 0.4) is 0 Å². The number of hydrogen-bond donors (Lipinski definition) is 4. The third-order valence-corrected chi connectivity index (χ3v) is 12.5. The van der Waals surface area contributed by atoms with Gasteiger partial charge in [-0.25, -0.2) is 0 Å². The Kier molecular flexibility index (Phi) is 11.9. The summed E-state index contributed by atoms with van der Waals surface area (Å²) in [4.78, 5) is 37.8. The Balaban J connectivity index is 1.47. The molecule has 0 unspecified atom stereocenters. The number of hydroxylamine groups is 2. The monoisotopic (exact) mass is 757 g/mol. The van der Waals surface area contributed by atoms with Gasteiger partial charge in [-0.1, -0.05) is 39.0 Å². The molecule has 2 aromatic carbocycles. The van der Waals surface area contributed by atoms with Crippen molar-refractivity contribution in [3.8, 4) is 16.9 Å². The smallest absolute Gasteiger partial charge is 0.252 e. The zero-order chi connectivity index (χ0) is 36.7. The Morgan fingerprint density at radius 2 is 1.88 bits per heavy atom. The lowest BCUT2D eigenvalue weighted by atomic mass is 9.45. The zero-order valence-corrected chi connectivity index (χ0v) is 32.6. The standard InChI is InChI=1S/C38H56BrN5O6/c1-21-29-15-24(38(29,3)4)16-30(21)41-37(48)34-32(22(2)46)31(20-45)50-44(34)19-23-11-10-12-26(35(23)49-9)27-17-25(43(7)8)18-28(33(27)39)36(47)40-13-14-42(5)6/h10-12,17-18,21-22,24,29-32,34,45-46H,13-16,19-20H2,1-9H3,(H,40,47)(H,41,48)/t21-,22-,24+,29-,30-,31-,32+,34-/m0/s1. The molecular weight excluding hydrogens is 702 g/mol.